The van der Waals surface area contributed by atoms with E-state index in [9.17, 15) is 10.1 Å². The molecule has 0 aliphatic rings. The predicted molar refractivity (Wildman–Crippen MR) is 43.2 cm³/mol. The van der Waals surface area contributed by atoms with Crippen molar-refractivity contribution in [1.29, 1.82) is 0 Å². The van der Waals surface area contributed by atoms with Crippen molar-refractivity contribution in [3.63, 3.8) is 0 Å². The molecule has 0 aliphatic carbocycles. The van der Waals surface area contributed by atoms with Gasteiger partial charge in [-0.05, 0) is 19.1 Å². The van der Waals surface area contributed by atoms with Crippen molar-refractivity contribution in [2.75, 3.05) is 0 Å². The number of hydrogen-bond donors (Lipinski definition) is 1. The Hall–Kier alpha value is -1.58. The van der Waals surface area contributed by atoms with Gasteiger partial charge in [-0.25, -0.2) is 0 Å². The minimum Gasteiger partial charge on any atom is -0.399 e. The van der Waals surface area contributed by atoms with E-state index in [0.29, 0.717) is 0 Å². The summed E-state index contributed by atoms with van der Waals surface area (Å²) in [6.45, 7) is 4.94. The molecule has 0 bridgehead atoms. The summed E-state index contributed by atoms with van der Waals surface area (Å²) in [7, 11) is 0. The topological polar surface area (TPSA) is 69.2 Å². The lowest BCUT2D eigenvalue weighted by Crippen LogP contribution is -1.99. The fourth-order valence-corrected chi connectivity index (χ4v) is 0.471. The zero-order valence-electron chi connectivity index (χ0n) is 6.28. The second-order valence-corrected chi connectivity index (χ2v) is 1.82. The van der Waals surface area contributed by atoms with E-state index in [4.69, 9.17) is 5.73 Å². The maximum atomic E-state index is 10.2. The van der Waals surface area contributed by atoms with Crippen LogP contribution in [-0.4, -0.2) is 4.92 Å². The molecule has 4 nitrogen and oxygen atoms in total. The van der Waals surface area contributed by atoms with Gasteiger partial charge in [-0.2, -0.15) is 0 Å². The van der Waals surface area contributed by atoms with Gasteiger partial charge in [-0.1, -0.05) is 6.58 Å². The summed E-state index contributed by atoms with van der Waals surface area (Å²) in [6.07, 6.45) is 3.98. The van der Waals surface area contributed by atoms with E-state index in [0.717, 1.165) is 0 Å². The van der Waals surface area contributed by atoms with Gasteiger partial charge in [0.25, 0.3) is 5.70 Å². The molecule has 0 atom stereocenters. The summed E-state index contributed by atoms with van der Waals surface area (Å²) in [5.41, 5.74) is 5.55. The Morgan fingerprint density at radius 1 is 1.73 bits per heavy atom. The number of hydrogen-bond acceptors (Lipinski definition) is 3. The van der Waals surface area contributed by atoms with E-state index in [2.05, 4.69) is 6.58 Å². The fourth-order valence-electron chi connectivity index (χ4n) is 0.471. The maximum absolute atomic E-state index is 10.2. The molecule has 0 aromatic carbocycles. The first-order valence-electron chi connectivity index (χ1n) is 3.02. The highest BCUT2D eigenvalue weighted by molar-refractivity contribution is 5.22. The highest BCUT2D eigenvalue weighted by Gasteiger charge is 2.03. The van der Waals surface area contributed by atoms with Crippen molar-refractivity contribution in [3.8, 4) is 0 Å². The molecule has 0 aromatic rings. The maximum Gasteiger partial charge on any atom is 0.267 e. The summed E-state index contributed by atoms with van der Waals surface area (Å²) in [5, 5.41) is 10.2. The molecular formula is C7H10N2O2. The number of rotatable bonds is 3. The van der Waals surface area contributed by atoms with Crippen molar-refractivity contribution in [2.45, 2.75) is 6.92 Å². The number of nitrogens with zero attached hydrogens (tertiary/aromatic N) is 1. The number of nitrogens with two attached hydrogens (primary N) is 1. The minimum absolute atomic E-state index is 0.0256. The molecule has 0 saturated heterocycles. The van der Waals surface area contributed by atoms with Gasteiger partial charge in [0.2, 0.25) is 0 Å². The summed E-state index contributed by atoms with van der Waals surface area (Å²) < 4.78 is 0. The molecule has 11 heavy (non-hydrogen) atoms. The Bertz CT molecular complexity index is 229. The van der Waals surface area contributed by atoms with Crippen molar-refractivity contribution in [1.82, 2.24) is 0 Å². The fraction of sp³-hybridized carbons (Fsp3) is 0.143. The molecule has 0 saturated carbocycles. The molecule has 0 spiro atoms. The standard InChI is InChI=1S/C7H10N2O2/c1-3-6(8)5-7(4-2)9(10)11/h3-5H,1,8H2,2H3/b6-5+,7-4+. The van der Waals surface area contributed by atoms with Gasteiger partial charge in [0.15, 0.2) is 0 Å². The van der Waals surface area contributed by atoms with Crippen molar-refractivity contribution in [3.05, 3.63) is 46.3 Å². The number of nitro groups is 1. The van der Waals surface area contributed by atoms with E-state index in [1.807, 2.05) is 0 Å². The smallest absolute Gasteiger partial charge is 0.267 e. The largest absolute Gasteiger partial charge is 0.399 e. The van der Waals surface area contributed by atoms with Gasteiger partial charge in [0, 0.05) is 11.8 Å². The van der Waals surface area contributed by atoms with Gasteiger partial charge in [0.1, 0.15) is 0 Å². The lowest BCUT2D eigenvalue weighted by molar-refractivity contribution is -0.419. The Morgan fingerprint density at radius 3 is 2.55 bits per heavy atom. The molecule has 2 N–H and O–H groups in total. The Kier molecular flexibility index (Phi) is 3.66. The van der Waals surface area contributed by atoms with E-state index in [1.165, 1.54) is 18.2 Å². The lowest BCUT2D eigenvalue weighted by atomic mass is 10.3. The molecule has 0 aromatic heterocycles. The van der Waals surface area contributed by atoms with Crippen LogP contribution in [0.25, 0.3) is 0 Å². The van der Waals surface area contributed by atoms with E-state index in [1.54, 1.807) is 6.92 Å². The van der Waals surface area contributed by atoms with Crippen LogP contribution in [-0.2, 0) is 0 Å². The van der Waals surface area contributed by atoms with Crippen LogP contribution in [0.3, 0.4) is 0 Å². The summed E-state index contributed by atoms with van der Waals surface area (Å²) in [6, 6.07) is 0. The van der Waals surface area contributed by atoms with Crippen LogP contribution >= 0.6 is 0 Å². The zero-order valence-corrected chi connectivity index (χ0v) is 6.28. The third-order valence-electron chi connectivity index (χ3n) is 1.06. The summed E-state index contributed by atoms with van der Waals surface area (Å²) in [4.78, 5) is 9.68. The molecule has 0 radical (unpaired) electrons. The molecule has 60 valence electrons. The van der Waals surface area contributed by atoms with Crippen LogP contribution in [0.2, 0.25) is 0 Å². The third-order valence-corrected chi connectivity index (χ3v) is 1.06. The molecule has 0 unspecified atom stereocenters. The van der Waals surface area contributed by atoms with Crippen LogP contribution < -0.4 is 5.73 Å². The van der Waals surface area contributed by atoms with Crippen molar-refractivity contribution in [2.24, 2.45) is 5.73 Å². The highest BCUT2D eigenvalue weighted by atomic mass is 16.6. The molecule has 0 amide bonds. The van der Waals surface area contributed by atoms with Crippen LogP contribution in [0.4, 0.5) is 0 Å². The first-order chi connectivity index (χ1) is 5.11. The average Bonchev–Trinajstić information content (AvgIpc) is 1.99. The third kappa shape index (κ3) is 3.20. The van der Waals surface area contributed by atoms with Gasteiger partial charge >= 0.3 is 0 Å². The quantitative estimate of drug-likeness (QED) is 0.377. The van der Waals surface area contributed by atoms with E-state index < -0.39 is 4.92 Å². The average molecular weight is 154 g/mol. The first-order valence-corrected chi connectivity index (χ1v) is 3.02. The molecular weight excluding hydrogens is 144 g/mol. The van der Waals surface area contributed by atoms with E-state index >= 15 is 0 Å². The number of allylic oxidation sites excluding steroid dienone is 3. The van der Waals surface area contributed by atoms with Crippen LogP contribution in [0.15, 0.2) is 36.2 Å². The van der Waals surface area contributed by atoms with Crippen LogP contribution in [0.1, 0.15) is 6.92 Å². The Balaban J connectivity index is 4.57. The molecule has 0 fully saturated rings. The van der Waals surface area contributed by atoms with Crippen LogP contribution in [0.5, 0.6) is 0 Å². The molecule has 0 aliphatic heterocycles. The normalized spacial score (nSPS) is 12.8. The highest BCUT2D eigenvalue weighted by Crippen LogP contribution is 1.99. The minimum atomic E-state index is -0.504. The second kappa shape index (κ2) is 4.27. The molecule has 0 heterocycles. The van der Waals surface area contributed by atoms with Gasteiger partial charge in [-0.3, -0.25) is 10.1 Å². The van der Waals surface area contributed by atoms with Gasteiger partial charge in [0.05, 0.1) is 4.92 Å². The Labute approximate surface area is 64.9 Å². The predicted octanol–water partition coefficient (Wildman–Crippen LogP) is 1.20. The second-order valence-electron chi connectivity index (χ2n) is 1.82. The lowest BCUT2D eigenvalue weighted by Gasteiger charge is -1.90. The molecule has 4 heteroatoms. The first kappa shape index (κ1) is 9.42. The molecule has 0 rings (SSSR count). The summed E-state index contributed by atoms with van der Waals surface area (Å²) in [5.74, 6) is 0. The monoisotopic (exact) mass is 154 g/mol. The van der Waals surface area contributed by atoms with E-state index in [-0.39, 0.29) is 11.4 Å². The van der Waals surface area contributed by atoms with Crippen molar-refractivity contribution >= 4 is 0 Å². The summed E-state index contributed by atoms with van der Waals surface area (Å²) >= 11 is 0. The van der Waals surface area contributed by atoms with Gasteiger partial charge < -0.3 is 5.73 Å². The SMILES string of the molecule is C=C/C(N)=C\C(=C/C)[N+](=O)[O-]. The zero-order chi connectivity index (χ0) is 8.85. The van der Waals surface area contributed by atoms with Gasteiger partial charge in [-0.15, -0.1) is 0 Å². The van der Waals surface area contributed by atoms with Crippen molar-refractivity contribution < 1.29 is 4.92 Å². The Morgan fingerprint density at radius 2 is 2.27 bits per heavy atom. The van der Waals surface area contributed by atoms with Crippen LogP contribution in [0, 0.1) is 10.1 Å².